The summed E-state index contributed by atoms with van der Waals surface area (Å²) in [6, 6.07) is 14.8. The maximum atomic E-state index is 12.4. The topological polar surface area (TPSA) is 89.1 Å². The van der Waals surface area contributed by atoms with E-state index < -0.39 is 0 Å². The molecule has 1 amide bonds. The number of anilines is 1. The number of carbonyl (C=O) groups excluding carboxylic acids is 1. The quantitative estimate of drug-likeness (QED) is 0.418. The molecule has 4 aromatic rings. The molecule has 2 aromatic carbocycles. The van der Waals surface area contributed by atoms with E-state index in [1.54, 1.807) is 43.8 Å². The number of thioether (sulfide) groups is 1. The summed E-state index contributed by atoms with van der Waals surface area (Å²) in [4.78, 5) is 24.2. The molecule has 0 bridgehead atoms. The zero-order valence-electron chi connectivity index (χ0n) is 16.5. The van der Waals surface area contributed by atoms with Gasteiger partial charge in [-0.05, 0) is 48.9 Å². The molecule has 2 N–H and O–H groups in total. The number of nitrogens with one attached hydrogen (secondary N) is 2. The van der Waals surface area contributed by atoms with Crippen LogP contribution in [0, 0.1) is 6.92 Å². The number of carbonyl (C=O) groups is 1. The molecule has 0 unspecified atom stereocenters. The van der Waals surface area contributed by atoms with Gasteiger partial charge < -0.3 is 19.8 Å². The number of rotatable bonds is 7. The minimum atomic E-state index is -0.157. The van der Waals surface area contributed by atoms with Crippen LogP contribution in [-0.2, 0) is 4.79 Å². The number of nitrogens with zero attached hydrogens (tertiary/aromatic N) is 2. The number of fused-ring (bicyclic) bond motifs is 1. The first kappa shape index (κ1) is 19.8. The highest BCUT2D eigenvalue weighted by Gasteiger charge is 2.12. The molecular formula is C22H20N4O3S. The Hall–Kier alpha value is -3.52. The first-order chi connectivity index (χ1) is 14.6. The van der Waals surface area contributed by atoms with E-state index in [1.807, 2.05) is 31.2 Å². The Balaban J connectivity index is 1.39. The van der Waals surface area contributed by atoms with Crippen molar-refractivity contribution in [3.63, 3.8) is 0 Å². The van der Waals surface area contributed by atoms with E-state index in [2.05, 4.69) is 20.3 Å². The summed E-state index contributed by atoms with van der Waals surface area (Å²) in [5.41, 5.74) is 3.57. The lowest BCUT2D eigenvalue weighted by Gasteiger charge is -2.12. The van der Waals surface area contributed by atoms with Gasteiger partial charge >= 0.3 is 0 Å². The van der Waals surface area contributed by atoms with Crippen LogP contribution < -0.4 is 14.8 Å². The largest absolute Gasteiger partial charge is 0.494 e. The highest BCUT2D eigenvalue weighted by Crippen LogP contribution is 2.31. The van der Waals surface area contributed by atoms with E-state index in [0.29, 0.717) is 28.1 Å². The Bertz CT molecular complexity index is 1180. The third kappa shape index (κ3) is 4.72. The number of amides is 1. The SMILES string of the molecule is COc1cc(Oc2cccnc2)ccc1NC(=O)CSc1nc2ccc(C)cc2[nH]1. The van der Waals surface area contributed by atoms with Crippen LogP contribution in [0.25, 0.3) is 11.0 Å². The Morgan fingerprint density at radius 1 is 1.17 bits per heavy atom. The number of aromatic nitrogens is 3. The number of H-pyrrole nitrogens is 1. The first-order valence-electron chi connectivity index (χ1n) is 9.25. The van der Waals surface area contributed by atoms with Crippen molar-refractivity contribution in [3.8, 4) is 17.2 Å². The molecule has 0 aliphatic rings. The van der Waals surface area contributed by atoms with Crippen LogP contribution in [0.3, 0.4) is 0 Å². The Labute approximate surface area is 177 Å². The average molecular weight is 420 g/mol. The molecule has 0 saturated heterocycles. The second-order valence-electron chi connectivity index (χ2n) is 6.55. The van der Waals surface area contributed by atoms with Crippen molar-refractivity contribution >= 4 is 34.4 Å². The standard InChI is InChI=1S/C22H20N4O3S/c1-14-5-7-17-19(10-14)26-22(25-17)30-13-21(27)24-18-8-6-15(11-20(18)28-2)29-16-4-3-9-23-12-16/h3-12H,13H2,1-2H3,(H,24,27)(H,25,26). The number of imidazole rings is 1. The molecular weight excluding hydrogens is 400 g/mol. The van der Waals surface area contributed by atoms with E-state index in [0.717, 1.165) is 16.6 Å². The predicted octanol–water partition coefficient (Wildman–Crippen LogP) is 4.80. The summed E-state index contributed by atoms with van der Waals surface area (Å²) >= 11 is 1.35. The molecule has 0 saturated carbocycles. The number of methoxy groups -OCH3 is 1. The van der Waals surface area contributed by atoms with Gasteiger partial charge in [-0.2, -0.15) is 0 Å². The van der Waals surface area contributed by atoms with Gasteiger partial charge in [-0.1, -0.05) is 17.8 Å². The van der Waals surface area contributed by atoms with Gasteiger partial charge in [0.05, 0.1) is 35.8 Å². The van der Waals surface area contributed by atoms with Crippen molar-refractivity contribution in [1.29, 1.82) is 0 Å². The fourth-order valence-electron chi connectivity index (χ4n) is 2.87. The molecule has 7 nitrogen and oxygen atoms in total. The molecule has 4 rings (SSSR count). The summed E-state index contributed by atoms with van der Waals surface area (Å²) in [5, 5.41) is 3.58. The summed E-state index contributed by atoms with van der Waals surface area (Å²) in [6.45, 7) is 2.03. The van der Waals surface area contributed by atoms with Crippen molar-refractivity contribution in [2.45, 2.75) is 12.1 Å². The van der Waals surface area contributed by atoms with Gasteiger partial charge in [0.2, 0.25) is 5.91 Å². The molecule has 0 aliphatic heterocycles. The van der Waals surface area contributed by atoms with Gasteiger partial charge in [0.1, 0.15) is 17.2 Å². The predicted molar refractivity (Wildman–Crippen MR) is 117 cm³/mol. The molecule has 2 aromatic heterocycles. The van der Waals surface area contributed by atoms with Crippen LogP contribution in [0.15, 0.2) is 66.1 Å². The van der Waals surface area contributed by atoms with Crippen LogP contribution in [0.5, 0.6) is 17.2 Å². The minimum absolute atomic E-state index is 0.157. The van der Waals surface area contributed by atoms with Gasteiger partial charge in [0.25, 0.3) is 0 Å². The van der Waals surface area contributed by atoms with Crippen molar-refractivity contribution < 1.29 is 14.3 Å². The van der Waals surface area contributed by atoms with Gasteiger partial charge in [-0.25, -0.2) is 4.98 Å². The average Bonchev–Trinajstić information content (AvgIpc) is 3.16. The van der Waals surface area contributed by atoms with Gasteiger partial charge in [-0.3, -0.25) is 9.78 Å². The summed E-state index contributed by atoms with van der Waals surface area (Å²) < 4.78 is 11.2. The van der Waals surface area contributed by atoms with Crippen LogP contribution in [-0.4, -0.2) is 33.7 Å². The van der Waals surface area contributed by atoms with E-state index in [4.69, 9.17) is 9.47 Å². The fraction of sp³-hybridized carbons (Fsp3) is 0.136. The van der Waals surface area contributed by atoms with E-state index in [9.17, 15) is 4.79 Å². The van der Waals surface area contributed by atoms with Crippen LogP contribution in [0.2, 0.25) is 0 Å². The van der Waals surface area contributed by atoms with E-state index in [1.165, 1.54) is 11.8 Å². The van der Waals surface area contributed by atoms with Gasteiger partial charge in [0.15, 0.2) is 5.16 Å². The maximum absolute atomic E-state index is 12.4. The number of hydrogen-bond donors (Lipinski definition) is 2. The summed E-state index contributed by atoms with van der Waals surface area (Å²) in [7, 11) is 1.55. The highest BCUT2D eigenvalue weighted by molar-refractivity contribution is 7.99. The Morgan fingerprint density at radius 3 is 2.87 bits per heavy atom. The molecule has 0 fully saturated rings. The lowest BCUT2D eigenvalue weighted by molar-refractivity contribution is -0.113. The zero-order valence-corrected chi connectivity index (χ0v) is 17.3. The second-order valence-corrected chi connectivity index (χ2v) is 7.52. The molecule has 152 valence electrons. The summed E-state index contributed by atoms with van der Waals surface area (Å²) in [5.74, 6) is 1.78. The van der Waals surface area contributed by atoms with E-state index in [-0.39, 0.29) is 11.7 Å². The van der Waals surface area contributed by atoms with E-state index >= 15 is 0 Å². The molecule has 0 aliphatic carbocycles. The number of aromatic amines is 1. The highest BCUT2D eigenvalue weighted by atomic mass is 32.2. The Kier molecular flexibility index (Phi) is 5.85. The maximum Gasteiger partial charge on any atom is 0.234 e. The lowest BCUT2D eigenvalue weighted by Crippen LogP contribution is -2.14. The van der Waals surface area contributed by atoms with Crippen molar-refractivity contribution in [2.24, 2.45) is 0 Å². The van der Waals surface area contributed by atoms with Crippen molar-refractivity contribution in [2.75, 3.05) is 18.2 Å². The molecule has 8 heteroatoms. The molecule has 0 atom stereocenters. The number of aryl methyl sites for hydroxylation is 1. The van der Waals surface area contributed by atoms with Crippen LogP contribution >= 0.6 is 11.8 Å². The Morgan fingerprint density at radius 2 is 2.07 bits per heavy atom. The molecule has 30 heavy (non-hydrogen) atoms. The second kappa shape index (κ2) is 8.87. The number of pyridine rings is 1. The van der Waals surface area contributed by atoms with Crippen LogP contribution in [0.1, 0.15) is 5.56 Å². The lowest BCUT2D eigenvalue weighted by atomic mass is 10.2. The zero-order chi connectivity index (χ0) is 20.9. The fourth-order valence-corrected chi connectivity index (χ4v) is 3.56. The number of hydrogen-bond acceptors (Lipinski definition) is 6. The van der Waals surface area contributed by atoms with Crippen molar-refractivity contribution in [1.82, 2.24) is 15.0 Å². The third-order valence-corrected chi connectivity index (χ3v) is 5.15. The summed E-state index contributed by atoms with van der Waals surface area (Å²) in [6.07, 6.45) is 3.30. The van der Waals surface area contributed by atoms with Crippen LogP contribution in [0.4, 0.5) is 5.69 Å². The smallest absolute Gasteiger partial charge is 0.234 e. The number of ether oxygens (including phenoxy) is 2. The minimum Gasteiger partial charge on any atom is -0.494 e. The van der Waals surface area contributed by atoms with Gasteiger partial charge in [-0.15, -0.1) is 0 Å². The third-order valence-electron chi connectivity index (χ3n) is 4.27. The molecule has 0 radical (unpaired) electrons. The van der Waals surface area contributed by atoms with Gasteiger partial charge in [0, 0.05) is 12.3 Å². The normalized spacial score (nSPS) is 10.7. The monoisotopic (exact) mass is 420 g/mol. The van der Waals surface area contributed by atoms with Crippen molar-refractivity contribution in [3.05, 3.63) is 66.5 Å². The first-order valence-corrected chi connectivity index (χ1v) is 10.2. The molecule has 0 spiro atoms. The molecule has 2 heterocycles. The number of benzene rings is 2.